The summed E-state index contributed by atoms with van der Waals surface area (Å²) in [6.45, 7) is 4.69. The third kappa shape index (κ3) is 5.64. The average Bonchev–Trinajstić information content (AvgIpc) is 3.77. The van der Waals surface area contributed by atoms with E-state index >= 15 is 0 Å². The first kappa shape index (κ1) is 33.9. The maximum Gasteiger partial charge on any atom is 0.164 e. The van der Waals surface area contributed by atoms with Gasteiger partial charge >= 0.3 is 0 Å². The first-order chi connectivity index (χ1) is 28.5. The minimum Gasteiger partial charge on any atom is -0.456 e. The zero-order chi connectivity index (χ0) is 38.8. The van der Waals surface area contributed by atoms with Crippen LogP contribution in [0.25, 0.3) is 101 Å². The summed E-state index contributed by atoms with van der Waals surface area (Å²) < 4.78 is 6.39. The first-order valence-electron chi connectivity index (χ1n) is 19.8. The molecule has 2 heterocycles. The predicted molar refractivity (Wildman–Crippen MR) is 237 cm³/mol. The average molecular weight is 744 g/mol. The SMILES string of the molecule is CC1(C)c2ccccc2-c2cc(-c3ccc4c(c3)oc3ccccc34)c(-c3ccc(-c4cccc(-c5nc(-c6ccccc6)nc(-c6ccccc6)n5)c4)cc3)cc21. The molecule has 8 aromatic carbocycles. The van der Waals surface area contributed by atoms with Gasteiger partial charge in [-0.3, -0.25) is 0 Å². The monoisotopic (exact) mass is 743 g/mol. The second-order valence-electron chi connectivity index (χ2n) is 15.6. The van der Waals surface area contributed by atoms with Crippen LogP contribution in [-0.2, 0) is 5.41 Å². The molecule has 0 N–H and O–H groups in total. The van der Waals surface area contributed by atoms with E-state index < -0.39 is 0 Å². The van der Waals surface area contributed by atoms with Gasteiger partial charge in [0.25, 0.3) is 0 Å². The zero-order valence-corrected chi connectivity index (χ0v) is 32.1. The molecule has 1 aliphatic rings. The second kappa shape index (κ2) is 13.4. The van der Waals surface area contributed by atoms with Crippen LogP contribution in [0.15, 0.2) is 192 Å². The molecule has 0 atom stereocenters. The summed E-state index contributed by atoms with van der Waals surface area (Å²) in [5, 5.41) is 2.27. The summed E-state index contributed by atoms with van der Waals surface area (Å²) in [4.78, 5) is 14.9. The van der Waals surface area contributed by atoms with Crippen molar-refractivity contribution in [3.05, 3.63) is 199 Å². The summed E-state index contributed by atoms with van der Waals surface area (Å²) >= 11 is 0. The lowest BCUT2D eigenvalue weighted by molar-refractivity contribution is 0.660. The Kier molecular flexibility index (Phi) is 7.80. The number of rotatable bonds is 6. The zero-order valence-electron chi connectivity index (χ0n) is 32.1. The molecule has 0 saturated carbocycles. The molecule has 0 unspecified atom stereocenters. The Hall–Kier alpha value is -7.43. The summed E-state index contributed by atoms with van der Waals surface area (Å²) in [6, 6.07) is 66.3. The number of furan rings is 1. The molecule has 0 fully saturated rings. The quantitative estimate of drug-likeness (QED) is 0.170. The topological polar surface area (TPSA) is 51.8 Å². The Balaban J connectivity index is 1.01. The van der Waals surface area contributed by atoms with Gasteiger partial charge in [0.2, 0.25) is 0 Å². The van der Waals surface area contributed by atoms with Crippen LogP contribution in [0.3, 0.4) is 0 Å². The van der Waals surface area contributed by atoms with Crippen molar-refractivity contribution in [2.45, 2.75) is 19.3 Å². The van der Waals surface area contributed by atoms with E-state index in [1.165, 1.54) is 33.4 Å². The van der Waals surface area contributed by atoms with Gasteiger partial charge in [-0.1, -0.05) is 166 Å². The van der Waals surface area contributed by atoms with Gasteiger partial charge in [-0.05, 0) is 92.0 Å². The molecule has 4 nitrogen and oxygen atoms in total. The van der Waals surface area contributed by atoms with Gasteiger partial charge in [0.1, 0.15) is 11.2 Å². The van der Waals surface area contributed by atoms with E-state index in [-0.39, 0.29) is 5.41 Å². The first-order valence-corrected chi connectivity index (χ1v) is 19.8. The fraction of sp³-hybridized carbons (Fsp3) is 0.0556. The molecule has 11 rings (SSSR count). The molecule has 0 bridgehead atoms. The lowest BCUT2D eigenvalue weighted by atomic mass is 9.80. The number of benzene rings is 8. The standard InChI is InChI=1S/C54H37N3O/c1-54(2)47-22-11-9-20-41(47)46-32-44(39-28-29-43-42-21-10-12-23-49(42)58-50(43)31-39)45(33-48(46)54)35-26-24-34(25-27-35)38-18-13-19-40(30-38)53-56-51(36-14-5-3-6-15-36)55-52(57-53)37-16-7-4-8-17-37/h3-33H,1-2H3. The van der Waals surface area contributed by atoms with E-state index in [4.69, 9.17) is 19.4 Å². The number of hydrogen-bond acceptors (Lipinski definition) is 4. The van der Waals surface area contributed by atoms with Crippen molar-refractivity contribution >= 4 is 21.9 Å². The van der Waals surface area contributed by atoms with Crippen LogP contribution in [-0.4, -0.2) is 15.0 Å². The highest BCUT2D eigenvalue weighted by Crippen LogP contribution is 2.52. The van der Waals surface area contributed by atoms with Crippen LogP contribution in [0.5, 0.6) is 0 Å². The molecule has 1 aliphatic carbocycles. The van der Waals surface area contributed by atoms with Crippen LogP contribution in [0.4, 0.5) is 0 Å². The van der Waals surface area contributed by atoms with Crippen molar-refractivity contribution in [1.82, 2.24) is 15.0 Å². The number of para-hydroxylation sites is 1. The number of nitrogens with zero attached hydrogens (tertiary/aromatic N) is 3. The Morgan fingerprint density at radius 2 is 0.879 bits per heavy atom. The van der Waals surface area contributed by atoms with E-state index in [0.29, 0.717) is 17.5 Å². The van der Waals surface area contributed by atoms with Gasteiger partial charge in [0, 0.05) is 32.9 Å². The van der Waals surface area contributed by atoms with Gasteiger partial charge in [-0.25, -0.2) is 15.0 Å². The molecule has 274 valence electrons. The molecule has 0 amide bonds. The molecule has 0 spiro atoms. The van der Waals surface area contributed by atoms with E-state index in [9.17, 15) is 0 Å². The van der Waals surface area contributed by atoms with Crippen molar-refractivity contribution in [2.24, 2.45) is 0 Å². The summed E-state index contributed by atoms with van der Waals surface area (Å²) in [5.74, 6) is 1.93. The molecule has 2 aromatic heterocycles. The number of hydrogen-bond donors (Lipinski definition) is 0. The van der Waals surface area contributed by atoms with E-state index in [2.05, 4.69) is 129 Å². The molecular formula is C54H37N3O. The fourth-order valence-electron chi connectivity index (χ4n) is 8.74. The fourth-order valence-corrected chi connectivity index (χ4v) is 8.74. The third-order valence-electron chi connectivity index (χ3n) is 11.8. The van der Waals surface area contributed by atoms with E-state index in [1.807, 2.05) is 72.8 Å². The molecule has 58 heavy (non-hydrogen) atoms. The highest BCUT2D eigenvalue weighted by Gasteiger charge is 2.36. The molecule has 0 saturated heterocycles. The Morgan fingerprint density at radius 3 is 1.62 bits per heavy atom. The molecule has 4 heteroatoms. The largest absolute Gasteiger partial charge is 0.456 e. The summed E-state index contributed by atoms with van der Waals surface area (Å²) in [5.41, 5.74) is 16.7. The van der Waals surface area contributed by atoms with Crippen molar-refractivity contribution in [2.75, 3.05) is 0 Å². The lowest BCUT2D eigenvalue weighted by Gasteiger charge is -2.23. The van der Waals surface area contributed by atoms with Gasteiger partial charge in [-0.15, -0.1) is 0 Å². The van der Waals surface area contributed by atoms with E-state index in [0.717, 1.165) is 60.9 Å². The molecule has 0 radical (unpaired) electrons. The van der Waals surface area contributed by atoms with Crippen LogP contribution >= 0.6 is 0 Å². The molecule has 10 aromatic rings. The van der Waals surface area contributed by atoms with Gasteiger partial charge < -0.3 is 4.42 Å². The molecular weight excluding hydrogens is 707 g/mol. The van der Waals surface area contributed by atoms with Crippen molar-refractivity contribution in [3.63, 3.8) is 0 Å². The second-order valence-corrected chi connectivity index (χ2v) is 15.6. The maximum absolute atomic E-state index is 6.39. The van der Waals surface area contributed by atoms with Crippen LogP contribution in [0.1, 0.15) is 25.0 Å². The Morgan fingerprint density at radius 1 is 0.328 bits per heavy atom. The Bertz CT molecular complexity index is 3120. The molecule has 0 aliphatic heterocycles. The highest BCUT2D eigenvalue weighted by atomic mass is 16.3. The lowest BCUT2D eigenvalue weighted by Crippen LogP contribution is -2.15. The predicted octanol–water partition coefficient (Wildman–Crippen LogP) is 14.1. The van der Waals surface area contributed by atoms with Crippen molar-refractivity contribution < 1.29 is 4.42 Å². The maximum atomic E-state index is 6.39. The minimum absolute atomic E-state index is 0.127. The van der Waals surface area contributed by atoms with Gasteiger partial charge in [-0.2, -0.15) is 0 Å². The normalized spacial score (nSPS) is 12.8. The van der Waals surface area contributed by atoms with Crippen LogP contribution < -0.4 is 0 Å². The van der Waals surface area contributed by atoms with Gasteiger partial charge in [0.15, 0.2) is 17.5 Å². The van der Waals surface area contributed by atoms with Crippen molar-refractivity contribution in [3.8, 4) is 78.7 Å². The van der Waals surface area contributed by atoms with Crippen molar-refractivity contribution in [1.29, 1.82) is 0 Å². The third-order valence-corrected chi connectivity index (χ3v) is 11.8. The summed E-state index contributed by atoms with van der Waals surface area (Å²) in [6.07, 6.45) is 0. The number of fused-ring (bicyclic) bond motifs is 6. The summed E-state index contributed by atoms with van der Waals surface area (Å²) in [7, 11) is 0. The van der Waals surface area contributed by atoms with Crippen LogP contribution in [0, 0.1) is 0 Å². The smallest absolute Gasteiger partial charge is 0.164 e. The van der Waals surface area contributed by atoms with E-state index in [1.54, 1.807) is 0 Å². The van der Waals surface area contributed by atoms with Crippen LogP contribution in [0.2, 0.25) is 0 Å². The minimum atomic E-state index is -0.127. The highest BCUT2D eigenvalue weighted by molar-refractivity contribution is 6.06. The van der Waals surface area contributed by atoms with Gasteiger partial charge in [0.05, 0.1) is 0 Å². The Labute approximate surface area is 337 Å². The number of aromatic nitrogens is 3.